The van der Waals surface area contributed by atoms with E-state index in [9.17, 15) is 28.0 Å². The molecule has 34 heavy (non-hydrogen) atoms. The maximum atomic E-state index is 12.8. The van der Waals surface area contributed by atoms with Gasteiger partial charge < -0.3 is 11.1 Å². The maximum absolute atomic E-state index is 12.8. The highest BCUT2D eigenvalue weighted by Crippen LogP contribution is 2.36. The fourth-order valence-electron chi connectivity index (χ4n) is 4.27. The maximum Gasteiger partial charge on any atom is 0.416 e. The first kappa shape index (κ1) is 23.8. The number of primary amides is 1. The van der Waals surface area contributed by atoms with Gasteiger partial charge in [-0.25, -0.2) is 0 Å². The normalized spacial score (nSPS) is 18.3. The molecule has 0 bridgehead atoms. The molecule has 1 saturated heterocycles. The van der Waals surface area contributed by atoms with Crippen LogP contribution in [0.25, 0.3) is 0 Å². The van der Waals surface area contributed by atoms with Crippen molar-refractivity contribution < 1.29 is 22.8 Å². The van der Waals surface area contributed by atoms with E-state index in [0.717, 1.165) is 30.5 Å². The van der Waals surface area contributed by atoms with Crippen LogP contribution in [0.2, 0.25) is 0 Å². The minimum absolute atomic E-state index is 0.0765. The first-order valence-corrected chi connectivity index (χ1v) is 11.1. The lowest BCUT2D eigenvalue weighted by atomic mass is 9.84. The summed E-state index contributed by atoms with van der Waals surface area (Å²) < 4.78 is 40.0. The van der Waals surface area contributed by atoms with Crippen LogP contribution >= 0.6 is 0 Å². The highest BCUT2D eigenvalue weighted by Gasteiger charge is 2.39. The van der Waals surface area contributed by atoms with Gasteiger partial charge in [-0.15, -0.1) is 0 Å². The zero-order chi connectivity index (χ0) is 24.5. The Kier molecular flexibility index (Phi) is 6.36. The fourth-order valence-corrected chi connectivity index (χ4v) is 4.27. The molecule has 2 aliphatic rings. The smallest absolute Gasteiger partial charge is 0.365 e. The van der Waals surface area contributed by atoms with Crippen LogP contribution in [0, 0.1) is 17.2 Å². The van der Waals surface area contributed by atoms with Crippen LogP contribution in [-0.4, -0.2) is 39.6 Å². The number of halogens is 3. The molecule has 2 fully saturated rings. The Bertz CT molecular complexity index is 1110. The fraction of sp³-hybridized carbons (Fsp3) is 0.478. The van der Waals surface area contributed by atoms with Gasteiger partial charge in [-0.3, -0.25) is 19.2 Å². The first-order chi connectivity index (χ1) is 16.1. The van der Waals surface area contributed by atoms with Gasteiger partial charge in [0.05, 0.1) is 23.6 Å². The van der Waals surface area contributed by atoms with Crippen molar-refractivity contribution in [3.8, 4) is 6.07 Å². The van der Waals surface area contributed by atoms with Crippen molar-refractivity contribution in [1.82, 2.24) is 14.7 Å². The van der Waals surface area contributed by atoms with Gasteiger partial charge in [0.1, 0.15) is 5.56 Å². The van der Waals surface area contributed by atoms with Crippen molar-refractivity contribution in [2.45, 2.75) is 50.4 Å². The summed E-state index contributed by atoms with van der Waals surface area (Å²) in [6, 6.07) is 7.30. The van der Waals surface area contributed by atoms with E-state index < -0.39 is 23.2 Å². The predicted molar refractivity (Wildman–Crippen MR) is 116 cm³/mol. The molecule has 2 aromatic rings. The zero-order valence-electron chi connectivity index (χ0n) is 18.4. The third kappa shape index (κ3) is 5.07. The number of nitrogens with one attached hydrogen (secondary N) is 1. The predicted octanol–water partition coefficient (Wildman–Crippen LogP) is 3.25. The molecule has 0 spiro atoms. The Morgan fingerprint density at radius 2 is 1.85 bits per heavy atom. The molecule has 0 radical (unpaired) electrons. The molecular weight excluding hydrogens is 449 g/mol. The molecule has 11 heteroatoms. The van der Waals surface area contributed by atoms with Crippen molar-refractivity contribution in [2.75, 3.05) is 18.4 Å². The molecule has 1 aliphatic carbocycles. The van der Waals surface area contributed by atoms with Crippen LogP contribution in [-0.2, 0) is 23.1 Å². The average molecular weight is 474 g/mol. The molecule has 0 atom stereocenters. The van der Waals surface area contributed by atoms with Gasteiger partial charge in [-0.05, 0) is 43.4 Å². The van der Waals surface area contributed by atoms with Crippen molar-refractivity contribution in [3.63, 3.8) is 0 Å². The number of hydrogen-bond donors (Lipinski definition) is 2. The van der Waals surface area contributed by atoms with Crippen molar-refractivity contribution >= 4 is 17.6 Å². The van der Waals surface area contributed by atoms with Crippen molar-refractivity contribution in [1.29, 1.82) is 5.26 Å². The van der Waals surface area contributed by atoms with Crippen molar-refractivity contribution in [3.05, 3.63) is 47.2 Å². The summed E-state index contributed by atoms with van der Waals surface area (Å²) in [7, 11) is 0. The summed E-state index contributed by atoms with van der Waals surface area (Å²) >= 11 is 0. The number of hydrogen-bond acceptors (Lipinski definition) is 5. The molecule has 1 aromatic carbocycles. The molecule has 1 saturated carbocycles. The number of carbonyl (C=O) groups is 2. The lowest BCUT2D eigenvalue weighted by molar-refractivity contribution is -0.137. The number of carbonyl (C=O) groups excluding carboxylic acids is 2. The van der Waals surface area contributed by atoms with E-state index in [1.54, 1.807) is 4.68 Å². The minimum Gasteiger partial charge on any atom is -0.365 e. The number of benzene rings is 1. The van der Waals surface area contributed by atoms with E-state index in [0.29, 0.717) is 32.5 Å². The number of piperidine rings is 1. The van der Waals surface area contributed by atoms with Crippen LogP contribution in [0.1, 0.15) is 53.6 Å². The van der Waals surface area contributed by atoms with E-state index >= 15 is 0 Å². The van der Waals surface area contributed by atoms with Crippen LogP contribution in [0.5, 0.6) is 0 Å². The van der Waals surface area contributed by atoms with Crippen molar-refractivity contribution in [2.24, 2.45) is 11.7 Å². The average Bonchev–Trinajstić information content (AvgIpc) is 3.55. The number of nitrogens with zero attached hydrogens (tertiary/aromatic N) is 4. The largest absolute Gasteiger partial charge is 0.416 e. The van der Waals surface area contributed by atoms with E-state index in [2.05, 4.69) is 21.4 Å². The van der Waals surface area contributed by atoms with E-state index in [4.69, 9.17) is 5.73 Å². The van der Waals surface area contributed by atoms with Gasteiger partial charge in [0.15, 0.2) is 5.82 Å². The van der Waals surface area contributed by atoms with Crippen LogP contribution in [0.3, 0.4) is 0 Å². The van der Waals surface area contributed by atoms with Crippen LogP contribution in [0.15, 0.2) is 30.5 Å². The van der Waals surface area contributed by atoms with E-state index in [1.165, 1.54) is 18.3 Å². The minimum atomic E-state index is -4.37. The first-order valence-electron chi connectivity index (χ1n) is 11.1. The summed E-state index contributed by atoms with van der Waals surface area (Å²) in [6.45, 7) is 1.64. The molecule has 1 aliphatic heterocycles. The quantitative estimate of drug-likeness (QED) is 0.639. The zero-order valence-corrected chi connectivity index (χ0v) is 18.4. The number of likely N-dealkylation sites (tertiary alicyclic amines) is 1. The second-order valence-corrected chi connectivity index (χ2v) is 8.99. The summed E-state index contributed by atoms with van der Waals surface area (Å²) in [6.07, 6.45) is -0.0544. The molecule has 8 nitrogen and oxygen atoms in total. The molecule has 2 amide bonds. The standard InChI is InChI=1S/C23H25F3N6O2/c24-23(25,26)17-5-1-15(2-6-17)13-31-11-8-22(7-10-27,9-12-31)32-14-18(19(28)33)20(30-32)29-21(34)16-3-4-16/h1-2,5-6,14,16H,3-4,7-9,11-13H2,(H2,28,33)(H,29,30,34). The van der Waals surface area contributed by atoms with Gasteiger partial charge in [0.25, 0.3) is 5.91 Å². The molecular formula is C23H25F3N6O2. The molecule has 4 rings (SSSR count). The number of rotatable bonds is 7. The third-order valence-corrected chi connectivity index (χ3v) is 6.54. The van der Waals surface area contributed by atoms with Crippen LogP contribution < -0.4 is 11.1 Å². The Morgan fingerprint density at radius 3 is 2.38 bits per heavy atom. The van der Waals surface area contributed by atoms with Gasteiger partial charge in [-0.2, -0.15) is 23.5 Å². The van der Waals surface area contributed by atoms with E-state index in [-0.39, 0.29) is 29.6 Å². The lowest BCUT2D eigenvalue weighted by Crippen LogP contribution is -2.46. The molecule has 0 unspecified atom stereocenters. The van der Waals surface area contributed by atoms with E-state index in [1.807, 2.05) is 0 Å². The second-order valence-electron chi connectivity index (χ2n) is 8.99. The van der Waals surface area contributed by atoms with Gasteiger partial charge in [0.2, 0.25) is 5.91 Å². The highest BCUT2D eigenvalue weighted by atomic mass is 19.4. The summed E-state index contributed by atoms with van der Waals surface area (Å²) in [4.78, 5) is 26.3. The topological polar surface area (TPSA) is 117 Å². The highest BCUT2D eigenvalue weighted by molar-refractivity contribution is 6.02. The molecule has 180 valence electrons. The Morgan fingerprint density at radius 1 is 1.21 bits per heavy atom. The number of nitriles is 1. The molecule has 2 heterocycles. The monoisotopic (exact) mass is 474 g/mol. The second kappa shape index (κ2) is 9.10. The van der Waals surface area contributed by atoms with Gasteiger partial charge >= 0.3 is 6.18 Å². The summed E-state index contributed by atoms with van der Waals surface area (Å²) in [5, 5.41) is 16.6. The number of amides is 2. The van der Waals surface area contributed by atoms with Gasteiger partial charge in [-0.1, -0.05) is 12.1 Å². The Labute approximate surface area is 194 Å². The third-order valence-electron chi connectivity index (χ3n) is 6.54. The van der Waals surface area contributed by atoms with Crippen LogP contribution in [0.4, 0.5) is 19.0 Å². The lowest BCUT2D eigenvalue weighted by Gasteiger charge is -2.40. The summed E-state index contributed by atoms with van der Waals surface area (Å²) in [5.74, 6) is -0.890. The number of aromatic nitrogens is 2. The Hall–Kier alpha value is -3.39. The number of nitrogens with two attached hydrogens (primary N) is 1. The number of alkyl halides is 3. The SMILES string of the molecule is N#CCC1(n2cc(C(N)=O)c(NC(=O)C3CC3)n2)CCN(Cc2ccc(C(F)(F)F)cc2)CC1. The number of anilines is 1. The molecule has 1 aromatic heterocycles. The Balaban J connectivity index is 1.48. The molecule has 3 N–H and O–H groups in total. The summed E-state index contributed by atoms with van der Waals surface area (Å²) in [5.41, 5.74) is 4.99. The van der Waals surface area contributed by atoms with Gasteiger partial charge in [0, 0.05) is 31.7 Å².